The van der Waals surface area contributed by atoms with E-state index in [-0.39, 0.29) is 35.8 Å². The maximum Gasteiger partial charge on any atom is 0.241 e. The van der Waals surface area contributed by atoms with E-state index in [2.05, 4.69) is 4.98 Å². The van der Waals surface area contributed by atoms with Crippen LogP contribution in [0.1, 0.15) is 31.2 Å². The number of oxazole rings is 1. The molecule has 9 nitrogen and oxygen atoms in total. The smallest absolute Gasteiger partial charge is 0.241 e. The number of phenolic OH excluding ortho intramolecular Hbond substituents is 1. The van der Waals surface area contributed by atoms with Gasteiger partial charge in [0.25, 0.3) is 0 Å². The van der Waals surface area contributed by atoms with E-state index in [0.29, 0.717) is 40.4 Å². The number of carbonyl (C=O) groups is 4. The van der Waals surface area contributed by atoms with E-state index >= 15 is 0 Å². The lowest BCUT2D eigenvalue weighted by Gasteiger charge is -2.49. The van der Waals surface area contributed by atoms with Crippen molar-refractivity contribution in [1.29, 1.82) is 0 Å². The molecule has 1 aromatic heterocycles. The Kier molecular flexibility index (Phi) is 6.33. The van der Waals surface area contributed by atoms with Crippen LogP contribution in [0.15, 0.2) is 119 Å². The monoisotopic (exact) mass is 649 g/mol. The number of hydrogen-bond donors (Lipinski definition) is 1. The maximum atomic E-state index is 14.5. The van der Waals surface area contributed by atoms with Gasteiger partial charge in [-0.15, -0.1) is 0 Å². The van der Waals surface area contributed by atoms with E-state index < -0.39 is 35.0 Å². The molecule has 1 saturated carbocycles. The van der Waals surface area contributed by atoms with E-state index in [0.717, 1.165) is 11.1 Å². The van der Waals surface area contributed by atoms with Gasteiger partial charge in [-0.3, -0.25) is 24.1 Å². The van der Waals surface area contributed by atoms with Gasteiger partial charge in [-0.1, -0.05) is 60.2 Å². The number of aromatic nitrogens is 1. The second kappa shape index (κ2) is 10.6. The zero-order valence-electron chi connectivity index (χ0n) is 26.5. The molecule has 2 aliphatic heterocycles. The predicted molar refractivity (Wildman–Crippen MR) is 181 cm³/mol. The fourth-order valence-corrected chi connectivity index (χ4v) is 8.92. The number of imide groups is 2. The number of hydrogen-bond acceptors (Lipinski definition) is 7. The maximum absolute atomic E-state index is 14.5. The summed E-state index contributed by atoms with van der Waals surface area (Å²) in [4.78, 5) is 64.3. The highest BCUT2D eigenvalue weighted by Gasteiger charge is 2.68. The molecule has 3 fully saturated rings. The van der Waals surface area contributed by atoms with Crippen LogP contribution in [0.25, 0.3) is 22.6 Å². The first kappa shape index (κ1) is 29.3. The lowest BCUT2D eigenvalue weighted by molar-refractivity contribution is -0.131. The first-order valence-electron chi connectivity index (χ1n) is 16.5. The number of benzene rings is 4. The Morgan fingerprint density at radius 2 is 1.45 bits per heavy atom. The lowest BCUT2D eigenvalue weighted by atomic mass is 9.51. The van der Waals surface area contributed by atoms with Crippen molar-refractivity contribution in [2.24, 2.45) is 29.1 Å². The van der Waals surface area contributed by atoms with Gasteiger partial charge in [-0.25, -0.2) is 9.88 Å². The second-order valence-corrected chi connectivity index (χ2v) is 13.6. The van der Waals surface area contributed by atoms with Crippen molar-refractivity contribution >= 4 is 46.1 Å². The molecule has 4 aromatic carbocycles. The van der Waals surface area contributed by atoms with Gasteiger partial charge in [-0.2, -0.15) is 0 Å². The summed E-state index contributed by atoms with van der Waals surface area (Å²) in [6, 6.07) is 30.3. The number of allylic oxidation sites excluding steroid dienone is 2. The Morgan fingerprint density at radius 1 is 0.755 bits per heavy atom. The molecule has 242 valence electrons. The minimum absolute atomic E-state index is 0.0176. The number of para-hydroxylation sites is 4. The molecule has 3 heterocycles. The van der Waals surface area contributed by atoms with Crippen molar-refractivity contribution in [1.82, 2.24) is 4.98 Å². The van der Waals surface area contributed by atoms with Gasteiger partial charge < -0.3 is 9.52 Å². The Labute approximate surface area is 281 Å². The summed E-state index contributed by atoms with van der Waals surface area (Å²) in [5, 5.41) is 11.2. The van der Waals surface area contributed by atoms with Crippen LogP contribution in [0.2, 0.25) is 0 Å². The van der Waals surface area contributed by atoms with Crippen LogP contribution in [0, 0.1) is 29.1 Å². The molecule has 6 unspecified atom stereocenters. The van der Waals surface area contributed by atoms with Crippen molar-refractivity contribution in [3.05, 3.63) is 120 Å². The molecule has 2 saturated heterocycles. The molecular weight excluding hydrogens is 618 g/mol. The Morgan fingerprint density at radius 3 is 2.20 bits per heavy atom. The quantitative estimate of drug-likeness (QED) is 0.171. The Hall–Kier alpha value is -5.83. The van der Waals surface area contributed by atoms with Gasteiger partial charge in [0, 0.05) is 17.0 Å². The average Bonchev–Trinajstić information content (AvgIpc) is 3.73. The lowest BCUT2D eigenvalue weighted by Crippen LogP contribution is -2.48. The molecule has 6 atom stereocenters. The fraction of sp³-hybridized carbons (Fsp3) is 0.225. The van der Waals surface area contributed by atoms with Crippen LogP contribution in [-0.2, 0) is 19.2 Å². The van der Waals surface area contributed by atoms with Crippen LogP contribution >= 0.6 is 0 Å². The molecule has 5 aromatic rings. The molecule has 0 radical (unpaired) electrons. The largest absolute Gasteiger partial charge is 0.508 e. The molecule has 4 aliphatic rings. The Balaban J connectivity index is 1.10. The number of nitrogens with zero attached hydrogens (tertiary/aromatic N) is 3. The topological polar surface area (TPSA) is 121 Å². The summed E-state index contributed by atoms with van der Waals surface area (Å²) in [5.74, 6) is -4.05. The zero-order valence-corrected chi connectivity index (χ0v) is 26.5. The molecule has 49 heavy (non-hydrogen) atoms. The van der Waals surface area contributed by atoms with Gasteiger partial charge in [0.1, 0.15) is 11.3 Å². The SMILES string of the molecule is CC12C(=O)N(c3ccccc3)C(=O)C1CC1C(=CCC3C(=O)N(c4ccc(-c5nc6ccccc6o5)cc4)C(=O)C31)C2c1ccccc1O. The molecule has 2 aliphatic carbocycles. The fourth-order valence-electron chi connectivity index (χ4n) is 8.92. The van der Waals surface area contributed by atoms with Gasteiger partial charge >= 0.3 is 0 Å². The summed E-state index contributed by atoms with van der Waals surface area (Å²) in [6.45, 7) is 1.81. The normalized spacial score (nSPS) is 27.7. The first-order chi connectivity index (χ1) is 23.8. The number of anilines is 2. The van der Waals surface area contributed by atoms with E-state index in [9.17, 15) is 24.3 Å². The van der Waals surface area contributed by atoms with Crippen LogP contribution in [0.3, 0.4) is 0 Å². The molecular formula is C40H31N3O6. The van der Waals surface area contributed by atoms with E-state index in [1.54, 1.807) is 72.8 Å². The average molecular weight is 650 g/mol. The predicted octanol–water partition coefficient (Wildman–Crippen LogP) is 6.64. The van der Waals surface area contributed by atoms with E-state index in [4.69, 9.17) is 4.42 Å². The van der Waals surface area contributed by atoms with Crippen LogP contribution in [0.4, 0.5) is 11.4 Å². The van der Waals surface area contributed by atoms with Gasteiger partial charge in [0.15, 0.2) is 5.58 Å². The molecule has 0 bridgehead atoms. The number of phenols is 1. The zero-order chi connectivity index (χ0) is 33.6. The van der Waals surface area contributed by atoms with Crippen molar-refractivity contribution in [2.45, 2.75) is 25.7 Å². The van der Waals surface area contributed by atoms with Crippen molar-refractivity contribution in [2.75, 3.05) is 9.80 Å². The summed E-state index contributed by atoms with van der Waals surface area (Å²) in [7, 11) is 0. The van der Waals surface area contributed by atoms with Gasteiger partial charge in [-0.05, 0) is 80.3 Å². The minimum atomic E-state index is -1.22. The minimum Gasteiger partial charge on any atom is -0.508 e. The Bertz CT molecular complexity index is 2210. The first-order valence-corrected chi connectivity index (χ1v) is 16.5. The highest BCUT2D eigenvalue weighted by atomic mass is 16.3. The number of carbonyl (C=O) groups excluding carboxylic acids is 4. The molecule has 9 heteroatoms. The third kappa shape index (κ3) is 4.08. The standard InChI is InChI=1S/C40H31N3O6/c1-40-29(37(46)43(39(40)48)23-9-3-2-4-10-23)21-28-25(34(40)26-11-5-7-13-31(26)44)19-20-27-33(28)38(47)42(36(27)45)24-17-15-22(16-18-24)35-41-30-12-6-8-14-32(30)49-35/h2-19,27-29,33-34,44H,20-21H2,1H3. The van der Waals surface area contributed by atoms with Crippen molar-refractivity contribution in [3.63, 3.8) is 0 Å². The van der Waals surface area contributed by atoms with Gasteiger partial charge in [0.2, 0.25) is 29.5 Å². The number of rotatable bonds is 4. The second-order valence-electron chi connectivity index (χ2n) is 13.6. The van der Waals surface area contributed by atoms with E-state index in [1.165, 1.54) is 9.80 Å². The third-order valence-electron chi connectivity index (χ3n) is 11.2. The third-order valence-corrected chi connectivity index (χ3v) is 11.2. The summed E-state index contributed by atoms with van der Waals surface area (Å²) in [6.07, 6.45) is 2.54. The molecule has 9 rings (SSSR count). The summed E-state index contributed by atoms with van der Waals surface area (Å²) >= 11 is 0. The number of aromatic hydroxyl groups is 1. The van der Waals surface area contributed by atoms with Crippen LogP contribution in [-0.4, -0.2) is 33.7 Å². The van der Waals surface area contributed by atoms with Crippen LogP contribution in [0.5, 0.6) is 5.75 Å². The van der Waals surface area contributed by atoms with Crippen molar-refractivity contribution < 1.29 is 28.7 Å². The molecule has 4 amide bonds. The van der Waals surface area contributed by atoms with Gasteiger partial charge in [0.05, 0.1) is 34.5 Å². The summed E-state index contributed by atoms with van der Waals surface area (Å²) in [5.41, 5.74) is 3.19. The van der Waals surface area contributed by atoms with E-state index in [1.807, 2.05) is 43.3 Å². The van der Waals surface area contributed by atoms with Crippen molar-refractivity contribution in [3.8, 4) is 17.2 Å². The highest BCUT2D eigenvalue weighted by Crippen LogP contribution is 2.64. The molecule has 1 N–H and O–H groups in total. The number of amides is 4. The van der Waals surface area contributed by atoms with Crippen LogP contribution < -0.4 is 9.80 Å². The molecule has 0 spiro atoms. The number of fused-ring (bicyclic) bond motifs is 5. The summed E-state index contributed by atoms with van der Waals surface area (Å²) < 4.78 is 5.91. The highest BCUT2D eigenvalue weighted by molar-refractivity contribution is 6.25.